The first-order valence-corrected chi connectivity index (χ1v) is 11.0. The van der Waals surface area contributed by atoms with Crippen LogP contribution in [0.25, 0.3) is 0 Å². The highest BCUT2D eigenvalue weighted by Crippen LogP contribution is 2.25. The minimum atomic E-state index is 0.470. The summed E-state index contributed by atoms with van der Waals surface area (Å²) in [5.41, 5.74) is 5.92. The van der Waals surface area contributed by atoms with Crippen molar-refractivity contribution in [2.24, 2.45) is 5.92 Å². The van der Waals surface area contributed by atoms with E-state index in [4.69, 9.17) is 0 Å². The molecule has 0 aliphatic heterocycles. The summed E-state index contributed by atoms with van der Waals surface area (Å²) in [6, 6.07) is 0. The van der Waals surface area contributed by atoms with Gasteiger partial charge in [-0.1, -0.05) is 46.6 Å². The first-order chi connectivity index (χ1) is 12.9. The Bertz CT molecular complexity index is 567. The summed E-state index contributed by atoms with van der Waals surface area (Å²) in [4.78, 5) is 11.5. The van der Waals surface area contributed by atoms with E-state index in [0.717, 1.165) is 44.9 Å². The highest BCUT2D eigenvalue weighted by molar-refractivity contribution is 5.79. The van der Waals surface area contributed by atoms with Gasteiger partial charge in [-0.05, 0) is 98.3 Å². The Labute approximate surface area is 168 Å². The summed E-state index contributed by atoms with van der Waals surface area (Å²) in [5, 5.41) is 0. The molecule has 0 bridgehead atoms. The van der Waals surface area contributed by atoms with Gasteiger partial charge in [0.2, 0.25) is 0 Å². The van der Waals surface area contributed by atoms with Gasteiger partial charge in [0.25, 0.3) is 0 Å². The van der Waals surface area contributed by atoms with Crippen LogP contribution in [-0.2, 0) is 4.79 Å². The van der Waals surface area contributed by atoms with Crippen molar-refractivity contribution in [3.8, 4) is 0 Å². The van der Waals surface area contributed by atoms with Gasteiger partial charge in [-0.2, -0.15) is 0 Å². The molecule has 27 heavy (non-hydrogen) atoms. The van der Waals surface area contributed by atoms with Crippen molar-refractivity contribution in [1.82, 2.24) is 0 Å². The molecule has 0 N–H and O–H groups in total. The standard InChI is InChI=1S/C26H42O/c1-21(2)10-6-11-22(3)12-7-13-23(4)14-8-15-24(5)18-19-25-16-9-17-26(27)20-25/h10,12,14,18,25H,6-9,11,13,15-17,19-20H2,1-5H3/b22-12+,23-14+,24-18+. The van der Waals surface area contributed by atoms with Gasteiger partial charge >= 0.3 is 0 Å². The van der Waals surface area contributed by atoms with Crippen molar-refractivity contribution in [2.45, 2.75) is 105 Å². The number of Topliss-reactive ketones (excluding diaryl/α,β-unsaturated/α-hetero) is 1. The van der Waals surface area contributed by atoms with Gasteiger partial charge in [0.15, 0.2) is 0 Å². The Balaban J connectivity index is 2.22. The molecule has 1 saturated carbocycles. The highest BCUT2D eigenvalue weighted by atomic mass is 16.1. The first kappa shape index (κ1) is 23.7. The van der Waals surface area contributed by atoms with Crippen molar-refractivity contribution in [2.75, 3.05) is 0 Å². The van der Waals surface area contributed by atoms with Crippen LogP contribution in [-0.4, -0.2) is 5.78 Å². The van der Waals surface area contributed by atoms with Gasteiger partial charge in [-0.25, -0.2) is 0 Å². The summed E-state index contributed by atoms with van der Waals surface area (Å²) in [6.45, 7) is 11.1. The fourth-order valence-electron chi connectivity index (χ4n) is 3.67. The molecular weight excluding hydrogens is 328 g/mol. The normalized spacial score (nSPS) is 19.4. The van der Waals surface area contributed by atoms with Gasteiger partial charge in [0.05, 0.1) is 0 Å². The Morgan fingerprint density at radius 2 is 1.33 bits per heavy atom. The summed E-state index contributed by atoms with van der Waals surface area (Å²) in [6.07, 6.45) is 21.5. The van der Waals surface area contributed by atoms with Crippen molar-refractivity contribution >= 4 is 5.78 Å². The molecule has 0 aromatic carbocycles. The maximum absolute atomic E-state index is 11.5. The van der Waals surface area contributed by atoms with E-state index in [0.29, 0.717) is 11.7 Å². The quantitative estimate of drug-likeness (QED) is 0.334. The molecule has 0 radical (unpaired) electrons. The van der Waals surface area contributed by atoms with Crippen LogP contribution in [0.2, 0.25) is 0 Å². The van der Waals surface area contributed by atoms with Crippen molar-refractivity contribution in [1.29, 1.82) is 0 Å². The number of allylic oxidation sites excluding steroid dienone is 8. The molecule has 1 heteroatoms. The van der Waals surface area contributed by atoms with E-state index in [1.807, 2.05) is 0 Å². The third-order valence-electron chi connectivity index (χ3n) is 5.54. The summed E-state index contributed by atoms with van der Waals surface area (Å²) < 4.78 is 0. The largest absolute Gasteiger partial charge is 0.300 e. The molecular formula is C26H42O. The Kier molecular flexibility index (Phi) is 12.1. The van der Waals surface area contributed by atoms with E-state index in [1.54, 1.807) is 0 Å². The minimum absolute atomic E-state index is 0.470. The Hall–Kier alpha value is -1.37. The zero-order valence-corrected chi connectivity index (χ0v) is 18.6. The third-order valence-corrected chi connectivity index (χ3v) is 5.54. The van der Waals surface area contributed by atoms with E-state index >= 15 is 0 Å². The third kappa shape index (κ3) is 12.6. The zero-order valence-electron chi connectivity index (χ0n) is 18.6. The van der Waals surface area contributed by atoms with Gasteiger partial charge in [0, 0.05) is 12.8 Å². The molecule has 1 fully saturated rings. The molecule has 1 nitrogen and oxygen atoms in total. The van der Waals surface area contributed by atoms with E-state index in [-0.39, 0.29) is 0 Å². The van der Waals surface area contributed by atoms with Crippen LogP contribution >= 0.6 is 0 Å². The van der Waals surface area contributed by atoms with Crippen molar-refractivity contribution in [3.63, 3.8) is 0 Å². The molecule has 0 amide bonds. The summed E-state index contributed by atoms with van der Waals surface area (Å²) in [5.74, 6) is 1.07. The summed E-state index contributed by atoms with van der Waals surface area (Å²) >= 11 is 0. The predicted octanol–water partition coefficient (Wildman–Crippen LogP) is 8.28. The number of rotatable bonds is 11. The SMILES string of the molecule is CC(C)=CCC/C(C)=C/CC/C(C)=C/CC/C(C)=C/CC1CCCC(=O)C1. The molecule has 1 rings (SSSR count). The van der Waals surface area contributed by atoms with Crippen LogP contribution in [0.4, 0.5) is 0 Å². The number of hydrogen-bond donors (Lipinski definition) is 0. The molecule has 1 aliphatic rings. The second-order valence-corrected chi connectivity index (χ2v) is 8.79. The fraction of sp³-hybridized carbons (Fsp3) is 0.654. The highest BCUT2D eigenvalue weighted by Gasteiger charge is 2.18. The fourth-order valence-corrected chi connectivity index (χ4v) is 3.67. The second-order valence-electron chi connectivity index (χ2n) is 8.79. The number of carbonyl (C=O) groups is 1. The average molecular weight is 371 g/mol. The van der Waals surface area contributed by atoms with Gasteiger partial charge in [-0.15, -0.1) is 0 Å². The van der Waals surface area contributed by atoms with E-state index in [1.165, 1.54) is 48.0 Å². The first-order valence-electron chi connectivity index (χ1n) is 11.0. The lowest BCUT2D eigenvalue weighted by atomic mass is 9.85. The van der Waals surface area contributed by atoms with Crippen LogP contribution < -0.4 is 0 Å². The molecule has 0 spiro atoms. The van der Waals surface area contributed by atoms with Crippen molar-refractivity contribution < 1.29 is 4.79 Å². The molecule has 1 unspecified atom stereocenters. The van der Waals surface area contributed by atoms with Gasteiger partial charge in [0.1, 0.15) is 5.78 Å². The van der Waals surface area contributed by atoms with E-state index in [9.17, 15) is 4.79 Å². The number of carbonyl (C=O) groups excluding carboxylic acids is 1. The Morgan fingerprint density at radius 1 is 0.815 bits per heavy atom. The maximum Gasteiger partial charge on any atom is 0.133 e. The lowest BCUT2D eigenvalue weighted by molar-refractivity contribution is -0.121. The molecule has 0 aromatic heterocycles. The van der Waals surface area contributed by atoms with Crippen LogP contribution in [0, 0.1) is 5.92 Å². The number of ketones is 1. The van der Waals surface area contributed by atoms with Gasteiger partial charge in [-0.3, -0.25) is 4.79 Å². The van der Waals surface area contributed by atoms with Crippen LogP contribution in [0.1, 0.15) is 105 Å². The maximum atomic E-state index is 11.5. The molecule has 152 valence electrons. The van der Waals surface area contributed by atoms with Crippen molar-refractivity contribution in [3.05, 3.63) is 46.6 Å². The smallest absolute Gasteiger partial charge is 0.133 e. The molecule has 0 saturated heterocycles. The van der Waals surface area contributed by atoms with Crippen LogP contribution in [0.15, 0.2) is 46.6 Å². The lowest BCUT2D eigenvalue weighted by Crippen LogP contribution is -2.14. The van der Waals surface area contributed by atoms with E-state index in [2.05, 4.69) is 58.9 Å². The predicted molar refractivity (Wildman–Crippen MR) is 120 cm³/mol. The minimum Gasteiger partial charge on any atom is -0.300 e. The molecule has 1 aliphatic carbocycles. The monoisotopic (exact) mass is 370 g/mol. The number of hydrogen-bond acceptors (Lipinski definition) is 1. The summed E-state index contributed by atoms with van der Waals surface area (Å²) in [7, 11) is 0. The lowest BCUT2D eigenvalue weighted by Gasteiger charge is -2.19. The zero-order chi connectivity index (χ0) is 20.1. The Morgan fingerprint density at radius 3 is 1.85 bits per heavy atom. The topological polar surface area (TPSA) is 17.1 Å². The second kappa shape index (κ2) is 13.7. The van der Waals surface area contributed by atoms with Gasteiger partial charge < -0.3 is 0 Å². The molecule has 1 atom stereocenters. The van der Waals surface area contributed by atoms with Crippen LogP contribution in [0.3, 0.4) is 0 Å². The molecule has 0 heterocycles. The van der Waals surface area contributed by atoms with Crippen LogP contribution in [0.5, 0.6) is 0 Å². The molecule has 0 aromatic rings. The van der Waals surface area contributed by atoms with E-state index < -0.39 is 0 Å². The average Bonchev–Trinajstić information content (AvgIpc) is 2.60.